The average molecular weight is 307 g/mol. The molecule has 1 N–H and O–H groups in total. The number of nitriles is 1. The molecular weight excluding hydrogens is 286 g/mol. The molecule has 23 heavy (non-hydrogen) atoms. The lowest BCUT2D eigenvalue weighted by Crippen LogP contribution is -2.26. The van der Waals surface area contributed by atoms with E-state index in [1.807, 2.05) is 54.1 Å². The molecule has 2 aromatic rings. The lowest BCUT2D eigenvalue weighted by atomic mass is 10.1. The molecule has 0 aliphatic carbocycles. The number of nitrogens with zero attached hydrogens (tertiary/aromatic N) is 2. The van der Waals surface area contributed by atoms with Crippen LogP contribution in [-0.4, -0.2) is 17.0 Å². The van der Waals surface area contributed by atoms with E-state index in [2.05, 4.69) is 17.4 Å². The molecule has 0 unspecified atom stereocenters. The van der Waals surface area contributed by atoms with Gasteiger partial charge in [-0.25, -0.2) is 0 Å². The fraction of sp³-hybridized carbons (Fsp3) is 0.263. The van der Waals surface area contributed by atoms with Crippen molar-refractivity contribution in [1.29, 1.82) is 5.26 Å². The second-order valence-electron chi connectivity index (χ2n) is 5.23. The fourth-order valence-electron chi connectivity index (χ4n) is 2.38. The lowest BCUT2D eigenvalue weighted by Gasteiger charge is -2.06. The van der Waals surface area contributed by atoms with Crippen molar-refractivity contribution in [2.75, 3.05) is 6.54 Å². The zero-order valence-electron chi connectivity index (χ0n) is 13.3. The Morgan fingerprint density at radius 3 is 2.74 bits per heavy atom. The van der Waals surface area contributed by atoms with Gasteiger partial charge in [0.25, 0.3) is 5.91 Å². The zero-order chi connectivity index (χ0) is 16.5. The van der Waals surface area contributed by atoms with Crippen LogP contribution in [0.25, 0.3) is 6.08 Å². The van der Waals surface area contributed by atoms with Crippen LogP contribution in [0.15, 0.2) is 54.2 Å². The summed E-state index contributed by atoms with van der Waals surface area (Å²) in [5.41, 5.74) is 2.25. The summed E-state index contributed by atoms with van der Waals surface area (Å²) in [6.07, 6.45) is 5.32. The number of hydrogen-bond acceptors (Lipinski definition) is 2. The first kappa shape index (κ1) is 16.6. The smallest absolute Gasteiger partial charge is 0.262 e. The third kappa shape index (κ3) is 4.86. The molecule has 1 aromatic carbocycles. The monoisotopic (exact) mass is 307 g/mol. The van der Waals surface area contributed by atoms with Crippen LogP contribution >= 0.6 is 0 Å². The highest BCUT2D eigenvalue weighted by Crippen LogP contribution is 2.08. The molecule has 4 heteroatoms. The first-order valence-electron chi connectivity index (χ1n) is 7.83. The number of rotatable bonds is 7. The van der Waals surface area contributed by atoms with Crippen LogP contribution in [0.1, 0.15) is 24.6 Å². The van der Waals surface area contributed by atoms with E-state index in [0.29, 0.717) is 6.54 Å². The molecule has 0 spiro atoms. The van der Waals surface area contributed by atoms with E-state index in [0.717, 1.165) is 25.1 Å². The number of carbonyl (C=O) groups is 1. The Morgan fingerprint density at radius 1 is 1.26 bits per heavy atom. The van der Waals surface area contributed by atoms with Crippen molar-refractivity contribution < 1.29 is 4.79 Å². The molecule has 1 heterocycles. The summed E-state index contributed by atoms with van der Waals surface area (Å²) in [5.74, 6) is -0.315. The maximum Gasteiger partial charge on any atom is 0.262 e. The number of amides is 1. The molecule has 0 atom stereocenters. The molecule has 118 valence electrons. The Bertz CT molecular complexity index is 708. The van der Waals surface area contributed by atoms with E-state index in [4.69, 9.17) is 0 Å². The van der Waals surface area contributed by atoms with Gasteiger partial charge < -0.3 is 9.88 Å². The van der Waals surface area contributed by atoms with Gasteiger partial charge in [0.2, 0.25) is 0 Å². The molecule has 0 aliphatic rings. The Morgan fingerprint density at radius 2 is 2.04 bits per heavy atom. The van der Waals surface area contributed by atoms with Crippen molar-refractivity contribution in [2.45, 2.75) is 26.3 Å². The van der Waals surface area contributed by atoms with Gasteiger partial charge in [0.15, 0.2) is 0 Å². The van der Waals surface area contributed by atoms with Gasteiger partial charge in [-0.1, -0.05) is 30.3 Å². The van der Waals surface area contributed by atoms with Gasteiger partial charge in [-0.05, 0) is 43.5 Å². The van der Waals surface area contributed by atoms with Gasteiger partial charge in [0, 0.05) is 25.0 Å². The molecule has 0 saturated heterocycles. The van der Waals surface area contributed by atoms with Gasteiger partial charge in [-0.3, -0.25) is 4.79 Å². The summed E-state index contributed by atoms with van der Waals surface area (Å²) in [6, 6.07) is 15.9. The van der Waals surface area contributed by atoms with E-state index >= 15 is 0 Å². The molecule has 2 rings (SSSR count). The van der Waals surface area contributed by atoms with Gasteiger partial charge in [-0.2, -0.15) is 5.26 Å². The maximum atomic E-state index is 12.1. The number of benzene rings is 1. The minimum atomic E-state index is -0.315. The minimum absolute atomic E-state index is 0.137. The Kier molecular flexibility index (Phi) is 6.19. The minimum Gasteiger partial charge on any atom is -0.351 e. The summed E-state index contributed by atoms with van der Waals surface area (Å²) < 4.78 is 1.99. The highest BCUT2D eigenvalue weighted by Gasteiger charge is 2.09. The topological polar surface area (TPSA) is 57.8 Å². The second-order valence-corrected chi connectivity index (χ2v) is 5.23. The lowest BCUT2D eigenvalue weighted by molar-refractivity contribution is -0.117. The van der Waals surface area contributed by atoms with Crippen LogP contribution in [0, 0.1) is 11.3 Å². The molecular formula is C19H21N3O. The van der Waals surface area contributed by atoms with Crippen molar-refractivity contribution in [1.82, 2.24) is 9.88 Å². The quantitative estimate of drug-likeness (QED) is 0.485. The highest BCUT2D eigenvalue weighted by atomic mass is 16.1. The number of carbonyl (C=O) groups excluding carboxylic acids is 1. The van der Waals surface area contributed by atoms with E-state index in [-0.39, 0.29) is 11.5 Å². The average Bonchev–Trinajstić information content (AvgIpc) is 3.04. The Hall–Kier alpha value is -2.80. The van der Waals surface area contributed by atoms with Crippen molar-refractivity contribution >= 4 is 12.0 Å². The van der Waals surface area contributed by atoms with Crippen LogP contribution in [0.3, 0.4) is 0 Å². The first-order valence-corrected chi connectivity index (χ1v) is 7.83. The van der Waals surface area contributed by atoms with Gasteiger partial charge in [0.1, 0.15) is 11.6 Å². The predicted octanol–water partition coefficient (Wildman–Crippen LogP) is 3.16. The zero-order valence-corrected chi connectivity index (χ0v) is 13.3. The van der Waals surface area contributed by atoms with E-state index in [1.165, 1.54) is 5.56 Å². The Labute approximate surface area is 137 Å². The normalized spacial score (nSPS) is 11.0. The highest BCUT2D eigenvalue weighted by molar-refractivity contribution is 6.01. The fourth-order valence-corrected chi connectivity index (χ4v) is 2.38. The molecule has 0 fully saturated rings. The third-order valence-electron chi connectivity index (χ3n) is 3.63. The van der Waals surface area contributed by atoms with Crippen LogP contribution in [0.2, 0.25) is 0 Å². The third-order valence-corrected chi connectivity index (χ3v) is 3.63. The van der Waals surface area contributed by atoms with Crippen molar-refractivity contribution in [2.24, 2.45) is 0 Å². The Balaban J connectivity index is 1.87. The maximum absolute atomic E-state index is 12.1. The molecule has 0 radical (unpaired) electrons. The van der Waals surface area contributed by atoms with Gasteiger partial charge in [-0.15, -0.1) is 0 Å². The van der Waals surface area contributed by atoms with E-state index in [1.54, 1.807) is 6.08 Å². The summed E-state index contributed by atoms with van der Waals surface area (Å²) in [7, 11) is 0. The molecule has 0 bridgehead atoms. The van der Waals surface area contributed by atoms with Gasteiger partial charge in [0.05, 0.1) is 0 Å². The van der Waals surface area contributed by atoms with Crippen molar-refractivity contribution in [3.8, 4) is 6.07 Å². The number of hydrogen-bond donors (Lipinski definition) is 1. The summed E-state index contributed by atoms with van der Waals surface area (Å²) in [4.78, 5) is 12.1. The van der Waals surface area contributed by atoms with Crippen LogP contribution in [0.4, 0.5) is 0 Å². The van der Waals surface area contributed by atoms with Crippen LogP contribution < -0.4 is 5.32 Å². The summed E-state index contributed by atoms with van der Waals surface area (Å²) >= 11 is 0. The van der Waals surface area contributed by atoms with Gasteiger partial charge >= 0.3 is 0 Å². The SMILES string of the molecule is CCn1cccc1/C=C(/C#N)C(=O)NCCCc1ccccc1. The second kappa shape index (κ2) is 8.60. The van der Waals surface area contributed by atoms with Crippen LogP contribution in [-0.2, 0) is 17.8 Å². The first-order chi connectivity index (χ1) is 11.2. The molecule has 1 aromatic heterocycles. The molecule has 1 amide bonds. The van der Waals surface area contributed by atoms with Crippen LogP contribution in [0.5, 0.6) is 0 Å². The predicted molar refractivity (Wildman–Crippen MR) is 91.5 cm³/mol. The van der Waals surface area contributed by atoms with Crippen molar-refractivity contribution in [3.63, 3.8) is 0 Å². The number of nitrogens with one attached hydrogen (secondary N) is 1. The van der Waals surface area contributed by atoms with Crippen molar-refractivity contribution in [3.05, 3.63) is 65.5 Å². The standard InChI is InChI=1S/C19H21N3O/c1-2-22-13-7-11-18(22)14-17(15-20)19(23)21-12-6-10-16-8-4-3-5-9-16/h3-5,7-9,11,13-14H,2,6,10,12H2,1H3,(H,21,23)/b17-14-. The largest absolute Gasteiger partial charge is 0.351 e. The molecule has 0 saturated carbocycles. The summed E-state index contributed by atoms with van der Waals surface area (Å²) in [5, 5.41) is 12.0. The molecule has 4 nitrogen and oxygen atoms in total. The number of aryl methyl sites for hydroxylation is 2. The summed E-state index contributed by atoms with van der Waals surface area (Å²) in [6.45, 7) is 3.38. The number of aromatic nitrogens is 1. The molecule has 0 aliphatic heterocycles. The van der Waals surface area contributed by atoms with E-state index < -0.39 is 0 Å². The van der Waals surface area contributed by atoms with E-state index in [9.17, 15) is 10.1 Å².